The van der Waals surface area contributed by atoms with E-state index < -0.39 is 5.97 Å². The van der Waals surface area contributed by atoms with Gasteiger partial charge in [-0.15, -0.1) is 11.3 Å². The molecule has 0 radical (unpaired) electrons. The predicted molar refractivity (Wildman–Crippen MR) is 72.5 cm³/mol. The van der Waals surface area contributed by atoms with E-state index in [0.717, 1.165) is 18.5 Å². The van der Waals surface area contributed by atoms with Gasteiger partial charge in [-0.05, 0) is 12.8 Å². The number of amides is 1. The smallest absolute Gasteiger partial charge is 0.305 e. The third-order valence-corrected chi connectivity index (χ3v) is 4.37. The van der Waals surface area contributed by atoms with Gasteiger partial charge in [0.15, 0.2) is 0 Å². The summed E-state index contributed by atoms with van der Waals surface area (Å²) >= 11 is 1.36. The topological polar surface area (TPSA) is 70.5 Å². The molecule has 104 valence electrons. The van der Waals surface area contributed by atoms with Crippen LogP contribution in [0.4, 0.5) is 0 Å². The number of carbonyl (C=O) groups excluding carboxylic acids is 1. The van der Waals surface area contributed by atoms with Gasteiger partial charge in [0.1, 0.15) is 4.88 Å². The van der Waals surface area contributed by atoms with Gasteiger partial charge in [-0.1, -0.05) is 12.8 Å². The molecule has 1 aromatic rings. The van der Waals surface area contributed by atoms with Crippen molar-refractivity contribution in [2.45, 2.75) is 38.0 Å². The van der Waals surface area contributed by atoms with Crippen molar-refractivity contribution in [1.29, 1.82) is 0 Å². The van der Waals surface area contributed by atoms with Crippen LogP contribution in [0.15, 0.2) is 5.51 Å². The Labute approximate surface area is 116 Å². The lowest BCUT2D eigenvalue weighted by Gasteiger charge is -2.17. The fourth-order valence-electron chi connectivity index (χ4n) is 2.44. The molecule has 1 N–H and O–H groups in total. The van der Waals surface area contributed by atoms with E-state index >= 15 is 0 Å². The van der Waals surface area contributed by atoms with Crippen LogP contribution in [-0.4, -0.2) is 40.5 Å². The molecule has 2 rings (SSSR count). The normalized spacial score (nSPS) is 15.6. The molecule has 0 saturated heterocycles. The van der Waals surface area contributed by atoms with Crippen molar-refractivity contribution in [2.24, 2.45) is 0 Å². The Morgan fingerprint density at radius 3 is 2.79 bits per heavy atom. The molecular weight excluding hydrogens is 264 g/mol. The van der Waals surface area contributed by atoms with E-state index in [4.69, 9.17) is 5.11 Å². The number of hydrogen-bond donors (Lipinski definition) is 1. The molecule has 0 atom stereocenters. The number of aliphatic carboxylic acids is 1. The van der Waals surface area contributed by atoms with Crippen molar-refractivity contribution in [3.05, 3.63) is 16.1 Å². The predicted octanol–water partition coefficient (Wildman–Crippen LogP) is 2.35. The maximum atomic E-state index is 12.3. The van der Waals surface area contributed by atoms with Crippen LogP contribution in [0.2, 0.25) is 0 Å². The van der Waals surface area contributed by atoms with Crippen molar-refractivity contribution in [1.82, 2.24) is 9.88 Å². The number of nitrogens with zero attached hydrogens (tertiary/aromatic N) is 2. The highest BCUT2D eigenvalue weighted by Gasteiger charge is 2.26. The van der Waals surface area contributed by atoms with E-state index in [0.29, 0.717) is 10.8 Å². The van der Waals surface area contributed by atoms with Crippen LogP contribution in [0.3, 0.4) is 0 Å². The fourth-order valence-corrected chi connectivity index (χ4v) is 3.31. The Hall–Kier alpha value is -1.43. The Balaban J connectivity index is 2.06. The van der Waals surface area contributed by atoms with Crippen molar-refractivity contribution in [3.8, 4) is 0 Å². The molecule has 0 spiro atoms. The number of carbonyl (C=O) groups is 2. The molecule has 1 aliphatic carbocycles. The highest BCUT2D eigenvalue weighted by atomic mass is 32.1. The van der Waals surface area contributed by atoms with E-state index in [1.165, 1.54) is 29.1 Å². The van der Waals surface area contributed by atoms with E-state index in [1.54, 1.807) is 12.6 Å². The zero-order chi connectivity index (χ0) is 13.8. The van der Waals surface area contributed by atoms with E-state index in [1.807, 2.05) is 0 Å². The molecule has 1 heterocycles. The highest BCUT2D eigenvalue weighted by molar-refractivity contribution is 7.11. The van der Waals surface area contributed by atoms with Crippen LogP contribution in [-0.2, 0) is 4.79 Å². The monoisotopic (exact) mass is 282 g/mol. The number of thiazole rings is 1. The Morgan fingerprint density at radius 1 is 1.47 bits per heavy atom. The van der Waals surface area contributed by atoms with Crippen LogP contribution >= 0.6 is 11.3 Å². The minimum Gasteiger partial charge on any atom is -0.481 e. The quantitative estimate of drug-likeness (QED) is 0.900. The minimum atomic E-state index is -0.889. The van der Waals surface area contributed by atoms with Crippen LogP contribution in [0, 0.1) is 0 Å². The molecule has 0 unspecified atom stereocenters. The average Bonchev–Trinajstić information content (AvgIpc) is 3.03. The van der Waals surface area contributed by atoms with Crippen LogP contribution in [0.1, 0.15) is 53.4 Å². The zero-order valence-electron chi connectivity index (χ0n) is 11.0. The minimum absolute atomic E-state index is 0.0280. The molecular formula is C13H18N2O3S. The molecule has 1 fully saturated rings. The summed E-state index contributed by atoms with van der Waals surface area (Å²) in [4.78, 5) is 29.3. The third kappa shape index (κ3) is 3.32. The Kier molecular flexibility index (Phi) is 4.52. The summed E-state index contributed by atoms with van der Waals surface area (Å²) in [5.41, 5.74) is 2.63. The second-order valence-corrected chi connectivity index (χ2v) is 5.77. The first-order valence-electron chi connectivity index (χ1n) is 6.50. The summed E-state index contributed by atoms with van der Waals surface area (Å²) in [6.07, 6.45) is 4.57. The van der Waals surface area contributed by atoms with Crippen molar-refractivity contribution >= 4 is 23.2 Å². The summed E-state index contributed by atoms with van der Waals surface area (Å²) in [5, 5.41) is 8.65. The van der Waals surface area contributed by atoms with Crippen LogP contribution in [0.5, 0.6) is 0 Å². The molecule has 1 saturated carbocycles. The molecule has 0 aromatic carbocycles. The number of aromatic nitrogens is 1. The molecule has 6 heteroatoms. The lowest BCUT2D eigenvalue weighted by Crippen LogP contribution is -2.29. The first-order chi connectivity index (χ1) is 9.09. The standard InChI is InChI=1S/C13H18N2O3S/c1-15(7-6-10(16)17)13(18)12-11(14-8-19-12)9-4-2-3-5-9/h8-9H,2-7H2,1H3,(H,16,17). The maximum absolute atomic E-state index is 12.3. The van der Waals surface area contributed by atoms with Gasteiger partial charge in [0.05, 0.1) is 17.6 Å². The Morgan fingerprint density at radius 2 is 2.16 bits per heavy atom. The first-order valence-corrected chi connectivity index (χ1v) is 7.38. The summed E-state index contributed by atoms with van der Waals surface area (Å²) in [6.45, 7) is 0.232. The van der Waals surface area contributed by atoms with Crippen LogP contribution in [0.25, 0.3) is 0 Å². The zero-order valence-corrected chi connectivity index (χ0v) is 11.8. The third-order valence-electron chi connectivity index (χ3n) is 3.54. The van der Waals surface area contributed by atoms with Gasteiger partial charge >= 0.3 is 5.97 Å². The average molecular weight is 282 g/mol. The van der Waals surface area contributed by atoms with Gasteiger partial charge in [0, 0.05) is 19.5 Å². The fraction of sp³-hybridized carbons (Fsp3) is 0.615. The number of hydrogen-bond acceptors (Lipinski definition) is 4. The second-order valence-electron chi connectivity index (χ2n) is 4.92. The molecule has 19 heavy (non-hydrogen) atoms. The maximum Gasteiger partial charge on any atom is 0.305 e. The number of rotatable bonds is 5. The first kappa shape index (κ1) is 14.0. The summed E-state index contributed by atoms with van der Waals surface area (Å²) < 4.78 is 0. The van der Waals surface area contributed by atoms with E-state index in [-0.39, 0.29) is 18.9 Å². The summed E-state index contributed by atoms with van der Waals surface area (Å²) in [6, 6.07) is 0. The number of carboxylic acids is 1. The van der Waals surface area contributed by atoms with Gasteiger partial charge in [0.25, 0.3) is 5.91 Å². The molecule has 1 amide bonds. The summed E-state index contributed by atoms with van der Waals surface area (Å²) in [7, 11) is 1.64. The Bertz CT molecular complexity index is 466. The molecule has 1 aromatic heterocycles. The van der Waals surface area contributed by atoms with Gasteiger partial charge in [-0.25, -0.2) is 4.98 Å². The second kappa shape index (κ2) is 6.14. The molecule has 5 nitrogen and oxygen atoms in total. The summed E-state index contributed by atoms with van der Waals surface area (Å²) in [5.74, 6) is -0.594. The van der Waals surface area contributed by atoms with Gasteiger partial charge < -0.3 is 10.0 Å². The molecule has 1 aliphatic rings. The lowest BCUT2D eigenvalue weighted by atomic mass is 10.0. The largest absolute Gasteiger partial charge is 0.481 e. The number of carboxylic acid groups (broad SMARTS) is 1. The van der Waals surface area contributed by atoms with Crippen molar-refractivity contribution < 1.29 is 14.7 Å². The van der Waals surface area contributed by atoms with Gasteiger partial charge in [0.2, 0.25) is 0 Å². The van der Waals surface area contributed by atoms with E-state index in [2.05, 4.69) is 4.98 Å². The lowest BCUT2D eigenvalue weighted by molar-refractivity contribution is -0.137. The van der Waals surface area contributed by atoms with Gasteiger partial charge in [-0.2, -0.15) is 0 Å². The van der Waals surface area contributed by atoms with Crippen molar-refractivity contribution in [3.63, 3.8) is 0 Å². The van der Waals surface area contributed by atoms with Crippen molar-refractivity contribution in [2.75, 3.05) is 13.6 Å². The highest BCUT2D eigenvalue weighted by Crippen LogP contribution is 2.36. The van der Waals surface area contributed by atoms with Crippen LogP contribution < -0.4 is 0 Å². The molecule has 0 bridgehead atoms. The van der Waals surface area contributed by atoms with E-state index in [9.17, 15) is 9.59 Å². The van der Waals surface area contributed by atoms with Gasteiger partial charge in [-0.3, -0.25) is 9.59 Å². The molecule has 0 aliphatic heterocycles. The SMILES string of the molecule is CN(CCC(=O)O)C(=O)c1scnc1C1CCCC1.